The molecule has 1 aliphatic carbocycles. The maximum absolute atomic E-state index is 13.8. The molecule has 2 heterocycles. The van der Waals surface area contributed by atoms with Crippen molar-refractivity contribution in [1.29, 1.82) is 0 Å². The van der Waals surface area contributed by atoms with Gasteiger partial charge in [-0.15, -0.1) is 11.3 Å². The van der Waals surface area contributed by atoms with Gasteiger partial charge in [0.1, 0.15) is 23.8 Å². The third kappa shape index (κ3) is 4.78. The van der Waals surface area contributed by atoms with Crippen LogP contribution in [-0.4, -0.2) is 62.1 Å². The molecule has 188 valence electrons. The molecule has 5 rings (SSSR count). The summed E-state index contributed by atoms with van der Waals surface area (Å²) < 4.78 is 16.0. The second kappa shape index (κ2) is 10.2. The Morgan fingerprint density at radius 3 is 2.22 bits per heavy atom. The number of methoxy groups -OCH3 is 3. The summed E-state index contributed by atoms with van der Waals surface area (Å²) in [6.45, 7) is 0.651. The number of carbonyl (C=O) groups excluding carboxylic acids is 2. The lowest BCUT2D eigenvalue weighted by Crippen LogP contribution is -2.47. The molecule has 0 bridgehead atoms. The Labute approximate surface area is 215 Å². The SMILES string of the molecule is COc1ccc(C2c3ccsc3CCN2C(=O)CN(C(=O)c2cc(OC)cc(OC)c2)C2CC2)cc1. The number of amides is 2. The van der Waals surface area contributed by atoms with Crippen molar-refractivity contribution in [1.82, 2.24) is 9.80 Å². The van der Waals surface area contributed by atoms with Gasteiger partial charge in [-0.2, -0.15) is 0 Å². The zero-order valence-corrected chi connectivity index (χ0v) is 21.5. The molecule has 1 aliphatic heterocycles. The molecule has 2 aliphatic rings. The van der Waals surface area contributed by atoms with Gasteiger partial charge in [-0.25, -0.2) is 0 Å². The number of carbonyl (C=O) groups is 2. The summed E-state index contributed by atoms with van der Waals surface area (Å²) in [7, 11) is 4.75. The summed E-state index contributed by atoms with van der Waals surface area (Å²) in [4.78, 5) is 32.4. The van der Waals surface area contributed by atoms with E-state index in [1.807, 2.05) is 29.2 Å². The minimum atomic E-state index is -0.188. The van der Waals surface area contributed by atoms with E-state index in [0.29, 0.717) is 23.6 Å². The summed E-state index contributed by atoms with van der Waals surface area (Å²) in [5, 5.41) is 2.09. The number of rotatable bonds is 8. The van der Waals surface area contributed by atoms with Gasteiger partial charge in [0.25, 0.3) is 5.91 Å². The standard InChI is InChI=1S/C28H30N2O5S/c1-33-21-8-4-18(5-9-21)27-24-11-13-36-25(24)10-12-29(27)26(31)17-30(20-6-7-20)28(32)19-14-22(34-2)16-23(15-19)35-3/h4-5,8-9,11,13-16,20,27H,6-7,10,12,17H2,1-3H3. The van der Waals surface area contributed by atoms with E-state index in [1.54, 1.807) is 55.8 Å². The molecular formula is C28H30N2O5S. The third-order valence-electron chi connectivity index (χ3n) is 6.87. The lowest BCUT2D eigenvalue weighted by Gasteiger charge is -2.37. The van der Waals surface area contributed by atoms with Crippen LogP contribution in [0.15, 0.2) is 53.9 Å². The average Bonchev–Trinajstić information content (AvgIpc) is 3.65. The van der Waals surface area contributed by atoms with Crippen LogP contribution < -0.4 is 14.2 Å². The number of hydrogen-bond acceptors (Lipinski definition) is 6. The Kier molecular flexibility index (Phi) is 6.87. The normalized spacial score (nSPS) is 16.8. The molecule has 1 saturated carbocycles. The van der Waals surface area contributed by atoms with Crippen LogP contribution in [0.4, 0.5) is 0 Å². The van der Waals surface area contributed by atoms with Gasteiger partial charge in [-0.3, -0.25) is 9.59 Å². The Bertz CT molecular complexity index is 1230. The fraction of sp³-hybridized carbons (Fsp3) is 0.357. The smallest absolute Gasteiger partial charge is 0.254 e. The summed E-state index contributed by atoms with van der Waals surface area (Å²) in [6.07, 6.45) is 2.61. The first-order valence-corrected chi connectivity index (χ1v) is 12.9. The van der Waals surface area contributed by atoms with Crippen LogP contribution in [-0.2, 0) is 11.2 Å². The van der Waals surface area contributed by atoms with E-state index in [-0.39, 0.29) is 30.4 Å². The van der Waals surface area contributed by atoms with Gasteiger partial charge in [-0.1, -0.05) is 12.1 Å². The Hall–Kier alpha value is -3.52. The third-order valence-corrected chi connectivity index (χ3v) is 7.87. The Morgan fingerprint density at radius 1 is 0.944 bits per heavy atom. The van der Waals surface area contributed by atoms with E-state index < -0.39 is 0 Å². The van der Waals surface area contributed by atoms with Crippen LogP contribution in [0.2, 0.25) is 0 Å². The van der Waals surface area contributed by atoms with Crippen molar-refractivity contribution in [2.24, 2.45) is 0 Å². The molecule has 2 aromatic carbocycles. The first-order valence-electron chi connectivity index (χ1n) is 12.1. The van der Waals surface area contributed by atoms with Crippen molar-refractivity contribution >= 4 is 23.2 Å². The fourth-order valence-corrected chi connectivity index (χ4v) is 5.72. The second-order valence-electron chi connectivity index (χ2n) is 9.08. The van der Waals surface area contributed by atoms with Crippen LogP contribution in [0.5, 0.6) is 17.2 Å². The molecule has 36 heavy (non-hydrogen) atoms. The minimum Gasteiger partial charge on any atom is -0.497 e. The molecular weight excluding hydrogens is 476 g/mol. The van der Waals surface area contributed by atoms with Crippen molar-refractivity contribution in [2.75, 3.05) is 34.4 Å². The first-order chi connectivity index (χ1) is 17.5. The predicted molar refractivity (Wildman–Crippen MR) is 138 cm³/mol. The van der Waals surface area contributed by atoms with Crippen LogP contribution in [0.3, 0.4) is 0 Å². The maximum atomic E-state index is 13.8. The fourth-order valence-electron chi connectivity index (χ4n) is 4.82. The van der Waals surface area contributed by atoms with E-state index in [2.05, 4.69) is 11.4 Å². The predicted octanol–water partition coefficient (Wildman–Crippen LogP) is 4.55. The average molecular weight is 507 g/mol. The lowest BCUT2D eigenvalue weighted by atomic mass is 9.93. The first kappa shape index (κ1) is 24.2. The molecule has 2 amide bonds. The molecule has 1 unspecified atom stereocenters. The van der Waals surface area contributed by atoms with E-state index in [4.69, 9.17) is 14.2 Å². The van der Waals surface area contributed by atoms with Crippen LogP contribution in [0.1, 0.15) is 45.2 Å². The van der Waals surface area contributed by atoms with Crippen LogP contribution >= 0.6 is 11.3 Å². The molecule has 0 N–H and O–H groups in total. The van der Waals surface area contributed by atoms with Crippen molar-refractivity contribution in [3.8, 4) is 17.2 Å². The van der Waals surface area contributed by atoms with Crippen LogP contribution in [0, 0.1) is 0 Å². The number of fused-ring (bicyclic) bond motifs is 1. The summed E-state index contributed by atoms with van der Waals surface area (Å²) in [6, 6.07) is 15.0. The van der Waals surface area contributed by atoms with Gasteiger partial charge in [0, 0.05) is 29.1 Å². The summed E-state index contributed by atoms with van der Waals surface area (Å²) in [5.41, 5.74) is 2.65. The van der Waals surface area contributed by atoms with Gasteiger partial charge < -0.3 is 24.0 Å². The van der Waals surface area contributed by atoms with Gasteiger partial charge >= 0.3 is 0 Å². The molecule has 0 spiro atoms. The maximum Gasteiger partial charge on any atom is 0.254 e. The highest BCUT2D eigenvalue weighted by molar-refractivity contribution is 7.10. The number of nitrogens with zero attached hydrogens (tertiary/aromatic N) is 2. The van der Waals surface area contributed by atoms with Gasteiger partial charge in [0.05, 0.1) is 27.4 Å². The molecule has 0 saturated heterocycles. The topological polar surface area (TPSA) is 68.3 Å². The lowest BCUT2D eigenvalue weighted by molar-refractivity contribution is -0.134. The summed E-state index contributed by atoms with van der Waals surface area (Å²) >= 11 is 1.73. The highest BCUT2D eigenvalue weighted by atomic mass is 32.1. The second-order valence-corrected chi connectivity index (χ2v) is 10.1. The van der Waals surface area contributed by atoms with E-state index in [9.17, 15) is 9.59 Å². The molecule has 1 fully saturated rings. The highest BCUT2D eigenvalue weighted by Crippen LogP contribution is 2.39. The zero-order chi connectivity index (χ0) is 25.2. The van der Waals surface area contributed by atoms with E-state index >= 15 is 0 Å². The molecule has 8 heteroatoms. The van der Waals surface area contributed by atoms with Crippen molar-refractivity contribution < 1.29 is 23.8 Å². The number of benzene rings is 2. The monoisotopic (exact) mass is 506 g/mol. The Morgan fingerprint density at radius 2 is 1.61 bits per heavy atom. The van der Waals surface area contributed by atoms with Crippen LogP contribution in [0.25, 0.3) is 0 Å². The summed E-state index contributed by atoms with van der Waals surface area (Å²) in [5.74, 6) is 1.62. The molecule has 1 aromatic heterocycles. The number of thiophene rings is 1. The van der Waals surface area contributed by atoms with Crippen molar-refractivity contribution in [3.63, 3.8) is 0 Å². The molecule has 7 nitrogen and oxygen atoms in total. The molecule has 0 radical (unpaired) electrons. The van der Waals surface area contributed by atoms with Gasteiger partial charge in [0.2, 0.25) is 5.91 Å². The van der Waals surface area contributed by atoms with Gasteiger partial charge in [0.15, 0.2) is 0 Å². The number of hydrogen-bond donors (Lipinski definition) is 0. The minimum absolute atomic E-state index is 0.0369. The van der Waals surface area contributed by atoms with Crippen molar-refractivity contribution in [2.45, 2.75) is 31.3 Å². The quantitative estimate of drug-likeness (QED) is 0.448. The van der Waals surface area contributed by atoms with Crippen molar-refractivity contribution in [3.05, 3.63) is 75.5 Å². The highest BCUT2D eigenvalue weighted by Gasteiger charge is 2.38. The zero-order valence-electron chi connectivity index (χ0n) is 20.7. The molecule has 1 atom stereocenters. The largest absolute Gasteiger partial charge is 0.497 e. The van der Waals surface area contributed by atoms with E-state index in [1.165, 1.54) is 4.88 Å². The van der Waals surface area contributed by atoms with E-state index in [0.717, 1.165) is 36.1 Å². The van der Waals surface area contributed by atoms with Gasteiger partial charge in [-0.05, 0) is 66.1 Å². The number of ether oxygens (including phenoxy) is 3. The Balaban J connectivity index is 1.42. The molecule has 3 aromatic rings.